The van der Waals surface area contributed by atoms with Gasteiger partial charge in [0.15, 0.2) is 0 Å². The highest BCUT2D eigenvalue weighted by molar-refractivity contribution is 14.1. The number of methoxy groups -OCH3 is 1. The standard InChI is InChI=1S/C7H5ClI2O3S/c1-13-5-2-4(9)3-6(7(5)10)14(8,11)12/h2-3H,1H3. The molecule has 78 valence electrons. The zero-order valence-corrected chi connectivity index (χ0v) is 12.8. The van der Waals surface area contributed by atoms with Crippen molar-refractivity contribution in [3.63, 3.8) is 0 Å². The maximum Gasteiger partial charge on any atom is 0.262 e. The molecular formula is C7H5ClI2O3S. The Morgan fingerprint density at radius 3 is 2.36 bits per heavy atom. The molecule has 0 amide bonds. The van der Waals surface area contributed by atoms with Gasteiger partial charge in [0.25, 0.3) is 9.05 Å². The second-order valence-electron chi connectivity index (χ2n) is 2.36. The van der Waals surface area contributed by atoms with Crippen molar-refractivity contribution in [3.05, 3.63) is 19.3 Å². The molecule has 0 N–H and O–H groups in total. The summed E-state index contributed by atoms with van der Waals surface area (Å²) < 4.78 is 28.6. The van der Waals surface area contributed by atoms with Gasteiger partial charge in [0.2, 0.25) is 0 Å². The number of rotatable bonds is 2. The molecule has 0 spiro atoms. The fourth-order valence-electron chi connectivity index (χ4n) is 0.866. The van der Waals surface area contributed by atoms with Gasteiger partial charge >= 0.3 is 0 Å². The molecule has 0 atom stereocenters. The van der Waals surface area contributed by atoms with Gasteiger partial charge in [0.05, 0.1) is 10.7 Å². The minimum atomic E-state index is -3.71. The number of halogens is 3. The van der Waals surface area contributed by atoms with Crippen molar-refractivity contribution in [2.45, 2.75) is 4.90 Å². The first-order valence-corrected chi connectivity index (χ1v) is 7.80. The summed E-state index contributed by atoms with van der Waals surface area (Å²) in [5, 5.41) is 0. The lowest BCUT2D eigenvalue weighted by Crippen LogP contribution is -1.98. The van der Waals surface area contributed by atoms with Gasteiger partial charge in [-0.15, -0.1) is 0 Å². The van der Waals surface area contributed by atoms with E-state index in [-0.39, 0.29) is 4.90 Å². The van der Waals surface area contributed by atoms with Crippen molar-refractivity contribution < 1.29 is 13.2 Å². The third-order valence-electron chi connectivity index (χ3n) is 1.45. The Labute approximate surface area is 114 Å². The largest absolute Gasteiger partial charge is 0.496 e. The Kier molecular flexibility index (Phi) is 4.30. The number of hydrogen-bond donors (Lipinski definition) is 0. The Hall–Kier alpha value is 0.720. The highest BCUT2D eigenvalue weighted by Gasteiger charge is 2.18. The second kappa shape index (κ2) is 4.71. The number of benzene rings is 1. The van der Waals surface area contributed by atoms with E-state index in [1.54, 1.807) is 6.07 Å². The average molecular weight is 458 g/mol. The van der Waals surface area contributed by atoms with E-state index >= 15 is 0 Å². The Morgan fingerprint density at radius 2 is 1.93 bits per heavy atom. The van der Waals surface area contributed by atoms with Crippen LogP contribution in [0.2, 0.25) is 0 Å². The molecule has 1 rings (SSSR count). The van der Waals surface area contributed by atoms with Gasteiger partial charge in [-0.1, -0.05) is 0 Å². The molecule has 0 bridgehead atoms. The van der Waals surface area contributed by atoms with E-state index in [1.807, 2.05) is 45.2 Å². The topological polar surface area (TPSA) is 43.4 Å². The van der Waals surface area contributed by atoms with Crippen LogP contribution in [0.25, 0.3) is 0 Å². The lowest BCUT2D eigenvalue weighted by atomic mass is 10.3. The lowest BCUT2D eigenvalue weighted by Gasteiger charge is -2.07. The zero-order valence-electron chi connectivity index (χ0n) is 6.92. The molecule has 0 fully saturated rings. The molecule has 14 heavy (non-hydrogen) atoms. The quantitative estimate of drug-likeness (QED) is 0.506. The third-order valence-corrected chi connectivity index (χ3v) is 4.90. The van der Waals surface area contributed by atoms with Crippen LogP contribution < -0.4 is 4.74 Å². The molecule has 0 heterocycles. The van der Waals surface area contributed by atoms with Crippen LogP contribution >= 0.6 is 55.9 Å². The lowest BCUT2D eigenvalue weighted by molar-refractivity contribution is 0.409. The average Bonchev–Trinajstić information content (AvgIpc) is 2.06. The summed E-state index contributed by atoms with van der Waals surface area (Å²) in [5.41, 5.74) is 0. The molecule has 0 saturated carbocycles. The molecule has 1 aromatic carbocycles. The summed E-state index contributed by atoms with van der Waals surface area (Å²) in [7, 11) is 3.05. The Bertz CT molecular complexity index is 458. The van der Waals surface area contributed by atoms with Crippen molar-refractivity contribution in [3.8, 4) is 5.75 Å². The van der Waals surface area contributed by atoms with Crippen LogP contribution in [0.15, 0.2) is 17.0 Å². The van der Waals surface area contributed by atoms with Crippen molar-refractivity contribution in [1.29, 1.82) is 0 Å². The first-order chi connectivity index (χ1) is 6.36. The van der Waals surface area contributed by atoms with Crippen LogP contribution in [-0.4, -0.2) is 15.5 Å². The predicted octanol–water partition coefficient (Wildman–Crippen LogP) is 2.83. The van der Waals surface area contributed by atoms with E-state index in [0.29, 0.717) is 9.32 Å². The fraction of sp³-hybridized carbons (Fsp3) is 0.143. The van der Waals surface area contributed by atoms with Gasteiger partial charge in [0, 0.05) is 14.3 Å². The molecule has 0 aliphatic carbocycles. The first-order valence-electron chi connectivity index (χ1n) is 3.34. The third kappa shape index (κ3) is 2.86. The summed E-state index contributed by atoms with van der Waals surface area (Å²) >= 11 is 3.90. The summed E-state index contributed by atoms with van der Waals surface area (Å²) in [6.45, 7) is 0. The highest BCUT2D eigenvalue weighted by atomic mass is 127. The molecule has 0 radical (unpaired) electrons. The minimum Gasteiger partial charge on any atom is -0.496 e. The van der Waals surface area contributed by atoms with Gasteiger partial charge in [-0.25, -0.2) is 8.42 Å². The molecule has 0 aliphatic rings. The van der Waals surface area contributed by atoms with Gasteiger partial charge in [-0.3, -0.25) is 0 Å². The summed E-state index contributed by atoms with van der Waals surface area (Å²) in [6.07, 6.45) is 0. The van der Waals surface area contributed by atoms with Crippen LogP contribution in [0.5, 0.6) is 5.75 Å². The molecule has 0 unspecified atom stereocenters. The second-order valence-corrected chi connectivity index (χ2v) is 7.22. The van der Waals surface area contributed by atoms with Crippen molar-refractivity contribution in [2.75, 3.05) is 7.11 Å². The molecule has 1 aromatic rings. The molecule has 7 heteroatoms. The van der Waals surface area contributed by atoms with E-state index in [1.165, 1.54) is 13.2 Å². The number of hydrogen-bond acceptors (Lipinski definition) is 3. The maximum atomic E-state index is 11.2. The monoisotopic (exact) mass is 458 g/mol. The first kappa shape index (κ1) is 12.8. The predicted molar refractivity (Wildman–Crippen MR) is 71.5 cm³/mol. The van der Waals surface area contributed by atoms with E-state index < -0.39 is 9.05 Å². The van der Waals surface area contributed by atoms with Gasteiger partial charge in [-0.2, -0.15) is 0 Å². The van der Waals surface area contributed by atoms with Gasteiger partial charge in [0.1, 0.15) is 10.6 Å². The molecule has 0 aromatic heterocycles. The Balaban J connectivity index is 3.53. The minimum absolute atomic E-state index is 0.0866. The Morgan fingerprint density at radius 1 is 1.36 bits per heavy atom. The van der Waals surface area contributed by atoms with Crippen LogP contribution in [0.4, 0.5) is 0 Å². The normalized spacial score (nSPS) is 11.4. The van der Waals surface area contributed by atoms with E-state index in [2.05, 4.69) is 0 Å². The van der Waals surface area contributed by atoms with Crippen LogP contribution in [0.1, 0.15) is 0 Å². The zero-order chi connectivity index (χ0) is 10.9. The van der Waals surface area contributed by atoms with Crippen molar-refractivity contribution >= 4 is 64.9 Å². The smallest absolute Gasteiger partial charge is 0.262 e. The summed E-state index contributed by atoms with van der Waals surface area (Å²) in [4.78, 5) is 0.0866. The van der Waals surface area contributed by atoms with Crippen molar-refractivity contribution in [1.82, 2.24) is 0 Å². The van der Waals surface area contributed by atoms with Crippen molar-refractivity contribution in [2.24, 2.45) is 0 Å². The van der Waals surface area contributed by atoms with Crippen LogP contribution in [-0.2, 0) is 9.05 Å². The maximum absolute atomic E-state index is 11.2. The fourth-order valence-corrected chi connectivity index (χ4v) is 4.41. The molecule has 0 saturated heterocycles. The van der Waals surface area contributed by atoms with Gasteiger partial charge in [-0.05, 0) is 57.3 Å². The summed E-state index contributed by atoms with van der Waals surface area (Å²) in [5.74, 6) is 0.511. The summed E-state index contributed by atoms with van der Waals surface area (Å²) in [6, 6.07) is 3.25. The molecular weight excluding hydrogens is 453 g/mol. The SMILES string of the molecule is COc1cc(I)cc(S(=O)(=O)Cl)c1I. The van der Waals surface area contributed by atoms with Gasteiger partial charge < -0.3 is 4.74 Å². The highest BCUT2D eigenvalue weighted by Crippen LogP contribution is 2.31. The van der Waals surface area contributed by atoms with E-state index in [9.17, 15) is 8.42 Å². The van der Waals surface area contributed by atoms with Crippen LogP contribution in [0, 0.1) is 7.14 Å². The van der Waals surface area contributed by atoms with E-state index in [0.717, 1.165) is 3.57 Å². The number of ether oxygens (including phenoxy) is 1. The molecule has 0 aliphatic heterocycles. The van der Waals surface area contributed by atoms with Crippen LogP contribution in [0.3, 0.4) is 0 Å². The molecule has 3 nitrogen and oxygen atoms in total. The van der Waals surface area contributed by atoms with E-state index in [4.69, 9.17) is 15.4 Å².